The number of aryl methyl sites for hydroxylation is 1. The molecule has 0 spiro atoms. The summed E-state index contributed by atoms with van der Waals surface area (Å²) in [6.07, 6.45) is 0.904. The molecule has 0 aromatic carbocycles. The number of aromatic amines is 1. The van der Waals surface area contributed by atoms with Crippen molar-refractivity contribution in [2.24, 2.45) is 5.73 Å². The second-order valence-electron chi connectivity index (χ2n) is 3.41. The van der Waals surface area contributed by atoms with E-state index >= 15 is 0 Å². The molecule has 1 heterocycles. The van der Waals surface area contributed by atoms with Gasteiger partial charge in [0.15, 0.2) is 0 Å². The van der Waals surface area contributed by atoms with Crippen LogP contribution in [0.4, 0.5) is 5.82 Å². The topological polar surface area (TPSA) is 75.0 Å². The molecule has 0 radical (unpaired) electrons. The highest BCUT2D eigenvalue weighted by Gasteiger charge is 2.06. The third-order valence-electron chi connectivity index (χ3n) is 2.18. The van der Waals surface area contributed by atoms with Crippen molar-refractivity contribution in [3.05, 3.63) is 22.2 Å². The molecule has 5 nitrogen and oxygen atoms in total. The fourth-order valence-electron chi connectivity index (χ4n) is 1.44. The van der Waals surface area contributed by atoms with Gasteiger partial charge < -0.3 is 15.6 Å². The Bertz CT molecular complexity index is 361. The second-order valence-corrected chi connectivity index (χ2v) is 3.41. The number of nitrogens with zero attached hydrogens (tertiary/aromatic N) is 2. The Morgan fingerprint density at radius 1 is 1.60 bits per heavy atom. The first-order valence-corrected chi connectivity index (χ1v) is 5.20. The van der Waals surface area contributed by atoms with E-state index in [1.54, 1.807) is 6.92 Å². The van der Waals surface area contributed by atoms with Crippen molar-refractivity contribution in [2.45, 2.75) is 20.3 Å². The van der Waals surface area contributed by atoms with Crippen LogP contribution in [-0.2, 0) is 0 Å². The van der Waals surface area contributed by atoms with Crippen molar-refractivity contribution in [1.29, 1.82) is 0 Å². The predicted molar refractivity (Wildman–Crippen MR) is 61.2 cm³/mol. The lowest BCUT2D eigenvalue weighted by molar-refractivity contribution is 0.739. The molecule has 0 amide bonds. The van der Waals surface area contributed by atoms with Crippen LogP contribution in [0.2, 0.25) is 0 Å². The van der Waals surface area contributed by atoms with E-state index in [-0.39, 0.29) is 5.56 Å². The van der Waals surface area contributed by atoms with Crippen LogP contribution in [0.3, 0.4) is 0 Å². The van der Waals surface area contributed by atoms with E-state index in [1.807, 2.05) is 6.92 Å². The summed E-state index contributed by atoms with van der Waals surface area (Å²) < 4.78 is 0. The number of hydrogen-bond acceptors (Lipinski definition) is 4. The van der Waals surface area contributed by atoms with Crippen LogP contribution in [0.25, 0.3) is 0 Å². The van der Waals surface area contributed by atoms with Gasteiger partial charge in [0.1, 0.15) is 11.6 Å². The Kier molecular flexibility index (Phi) is 4.30. The van der Waals surface area contributed by atoms with Gasteiger partial charge in [-0.3, -0.25) is 4.79 Å². The average Bonchev–Trinajstić information content (AvgIpc) is 2.17. The highest BCUT2D eigenvalue weighted by Crippen LogP contribution is 2.07. The van der Waals surface area contributed by atoms with Crippen LogP contribution in [0.5, 0.6) is 0 Å². The maximum absolute atomic E-state index is 11.3. The number of rotatable bonds is 5. The van der Waals surface area contributed by atoms with Crippen molar-refractivity contribution in [3.63, 3.8) is 0 Å². The Morgan fingerprint density at radius 2 is 2.33 bits per heavy atom. The van der Waals surface area contributed by atoms with E-state index in [0.29, 0.717) is 12.4 Å². The minimum Gasteiger partial charge on any atom is -0.357 e. The summed E-state index contributed by atoms with van der Waals surface area (Å²) in [5, 5.41) is 0. The fourth-order valence-corrected chi connectivity index (χ4v) is 1.44. The number of hydrogen-bond donors (Lipinski definition) is 2. The van der Waals surface area contributed by atoms with Crippen molar-refractivity contribution in [2.75, 3.05) is 24.5 Å². The van der Waals surface area contributed by atoms with E-state index in [4.69, 9.17) is 5.73 Å². The molecule has 0 aliphatic carbocycles. The third kappa shape index (κ3) is 3.36. The Balaban J connectivity index is 2.86. The molecule has 0 saturated heterocycles. The van der Waals surface area contributed by atoms with Gasteiger partial charge in [0.25, 0.3) is 5.56 Å². The molecule has 84 valence electrons. The first-order chi connectivity index (χ1) is 7.17. The lowest BCUT2D eigenvalue weighted by Crippen LogP contribution is -2.28. The molecule has 0 aliphatic rings. The number of aromatic nitrogens is 2. The molecule has 1 rings (SSSR count). The van der Waals surface area contributed by atoms with Gasteiger partial charge in [-0.1, -0.05) is 0 Å². The molecule has 15 heavy (non-hydrogen) atoms. The minimum atomic E-state index is -0.108. The minimum absolute atomic E-state index is 0.108. The zero-order chi connectivity index (χ0) is 11.3. The van der Waals surface area contributed by atoms with Crippen molar-refractivity contribution >= 4 is 5.82 Å². The smallest absolute Gasteiger partial charge is 0.252 e. The lowest BCUT2D eigenvalue weighted by Gasteiger charge is -2.21. The normalized spacial score (nSPS) is 10.3. The molecule has 1 aromatic rings. The van der Waals surface area contributed by atoms with Crippen LogP contribution >= 0.6 is 0 Å². The molecule has 0 atom stereocenters. The van der Waals surface area contributed by atoms with E-state index in [1.165, 1.54) is 6.07 Å². The summed E-state index contributed by atoms with van der Waals surface area (Å²) >= 11 is 0. The van der Waals surface area contributed by atoms with Crippen LogP contribution in [-0.4, -0.2) is 29.6 Å². The molecule has 5 heteroatoms. The van der Waals surface area contributed by atoms with Gasteiger partial charge in [-0.2, -0.15) is 0 Å². The molecule has 3 N–H and O–H groups in total. The standard InChI is InChI=1S/C10H18N4O/c1-3-14(6-4-5-11)9-7-10(15)13-8(2)12-9/h7H,3-6,11H2,1-2H3,(H,12,13,15). The number of H-pyrrole nitrogens is 1. The lowest BCUT2D eigenvalue weighted by atomic mass is 10.3. The maximum atomic E-state index is 11.3. The van der Waals surface area contributed by atoms with Gasteiger partial charge in [0, 0.05) is 19.2 Å². The van der Waals surface area contributed by atoms with E-state index < -0.39 is 0 Å². The Hall–Kier alpha value is -1.36. The van der Waals surface area contributed by atoms with Crippen molar-refractivity contribution in [1.82, 2.24) is 9.97 Å². The van der Waals surface area contributed by atoms with E-state index in [2.05, 4.69) is 14.9 Å². The molecule has 0 saturated carbocycles. The molecule has 1 aromatic heterocycles. The zero-order valence-electron chi connectivity index (χ0n) is 9.29. The van der Waals surface area contributed by atoms with Gasteiger partial charge in [0.05, 0.1) is 0 Å². The van der Waals surface area contributed by atoms with Crippen molar-refractivity contribution < 1.29 is 0 Å². The highest BCUT2D eigenvalue weighted by molar-refractivity contribution is 5.36. The van der Waals surface area contributed by atoms with Gasteiger partial charge in [-0.15, -0.1) is 0 Å². The van der Waals surface area contributed by atoms with Gasteiger partial charge in [0.2, 0.25) is 0 Å². The fraction of sp³-hybridized carbons (Fsp3) is 0.600. The Morgan fingerprint density at radius 3 is 2.87 bits per heavy atom. The predicted octanol–water partition coefficient (Wildman–Crippen LogP) is 0.253. The SMILES string of the molecule is CCN(CCCN)c1cc(=O)[nH]c(C)n1. The molecule has 0 aliphatic heterocycles. The van der Waals surface area contributed by atoms with Crippen LogP contribution < -0.4 is 16.2 Å². The summed E-state index contributed by atoms with van der Waals surface area (Å²) in [4.78, 5) is 20.2. The van der Waals surface area contributed by atoms with Gasteiger partial charge >= 0.3 is 0 Å². The largest absolute Gasteiger partial charge is 0.357 e. The molecular formula is C10H18N4O. The molecular weight excluding hydrogens is 192 g/mol. The van der Waals surface area contributed by atoms with Crippen LogP contribution in [0.1, 0.15) is 19.2 Å². The quantitative estimate of drug-likeness (QED) is 0.730. The number of nitrogens with one attached hydrogen (secondary N) is 1. The third-order valence-corrected chi connectivity index (χ3v) is 2.18. The average molecular weight is 210 g/mol. The van der Waals surface area contributed by atoms with Crippen LogP contribution in [0.15, 0.2) is 10.9 Å². The first kappa shape index (κ1) is 11.7. The first-order valence-electron chi connectivity index (χ1n) is 5.20. The monoisotopic (exact) mass is 210 g/mol. The van der Waals surface area contributed by atoms with Gasteiger partial charge in [-0.25, -0.2) is 4.98 Å². The second kappa shape index (κ2) is 5.50. The summed E-state index contributed by atoms with van der Waals surface area (Å²) in [7, 11) is 0. The number of nitrogens with two attached hydrogens (primary N) is 1. The molecule has 0 unspecified atom stereocenters. The van der Waals surface area contributed by atoms with E-state index in [0.717, 1.165) is 25.3 Å². The summed E-state index contributed by atoms with van der Waals surface area (Å²) in [6.45, 7) is 6.13. The van der Waals surface area contributed by atoms with Crippen molar-refractivity contribution in [3.8, 4) is 0 Å². The van der Waals surface area contributed by atoms with Crippen LogP contribution in [0, 0.1) is 6.92 Å². The van der Waals surface area contributed by atoms with Gasteiger partial charge in [-0.05, 0) is 26.8 Å². The Labute approximate surface area is 89.3 Å². The highest BCUT2D eigenvalue weighted by atomic mass is 16.1. The summed E-state index contributed by atoms with van der Waals surface area (Å²) in [5.41, 5.74) is 5.35. The number of anilines is 1. The maximum Gasteiger partial charge on any atom is 0.252 e. The molecule has 0 fully saturated rings. The summed E-state index contributed by atoms with van der Waals surface area (Å²) in [5.74, 6) is 1.37. The summed E-state index contributed by atoms with van der Waals surface area (Å²) in [6, 6.07) is 1.52. The van der Waals surface area contributed by atoms with E-state index in [9.17, 15) is 4.79 Å². The zero-order valence-corrected chi connectivity index (χ0v) is 9.29. The molecule has 0 bridgehead atoms.